The standard InChI is InChI=1S/C57H40B2N6O4S2/c1-58(37-13-7-4-8-14-37)64-52(35-19-23-40(66)24-20-35)50-51(54(64)44(33-60)56-62-46-31-42(68-2)27-29-48(46)70-56)53(36-21-25-41(67)26-22-36)65(59(38-15-9-5-10-16-38)39-17-11-6-12-18-39)55(50)45(34-61)57-63-47-32-43(69-3)28-30-49(47)71-57/h4-32,66-67H,1-3H3/b54-44-,55-45-. The van der Waals surface area contributed by atoms with Crippen LogP contribution in [0.15, 0.2) is 176 Å². The molecule has 0 unspecified atom stereocenters. The molecule has 0 radical (unpaired) electrons. The second-order valence-corrected chi connectivity index (χ2v) is 19.0. The van der Waals surface area contributed by atoms with E-state index in [1.165, 1.54) is 22.7 Å². The number of methoxy groups -OCH3 is 2. The lowest BCUT2D eigenvalue weighted by Crippen LogP contribution is -2.53. The summed E-state index contributed by atoms with van der Waals surface area (Å²) in [5.41, 5.74) is 7.65. The van der Waals surface area contributed by atoms with Crippen molar-refractivity contribution in [2.45, 2.75) is 6.82 Å². The predicted molar refractivity (Wildman–Crippen MR) is 288 cm³/mol. The van der Waals surface area contributed by atoms with E-state index in [0.717, 1.165) is 36.9 Å². The molecule has 0 aliphatic heterocycles. The fourth-order valence-electron chi connectivity index (χ4n) is 9.67. The van der Waals surface area contributed by atoms with Crippen LogP contribution in [-0.2, 0) is 0 Å². The summed E-state index contributed by atoms with van der Waals surface area (Å²) in [4.78, 5) is 10.4. The van der Waals surface area contributed by atoms with Crippen LogP contribution in [0, 0.1) is 22.7 Å². The van der Waals surface area contributed by atoms with Crippen LogP contribution in [0.1, 0.15) is 10.0 Å². The molecule has 340 valence electrons. The van der Waals surface area contributed by atoms with Gasteiger partial charge in [-0.3, -0.25) is 0 Å². The normalized spacial score (nSPS) is 12.1. The van der Waals surface area contributed by atoms with Gasteiger partial charge >= 0.3 is 6.85 Å². The number of benzene rings is 7. The highest BCUT2D eigenvalue weighted by Crippen LogP contribution is 2.39. The van der Waals surface area contributed by atoms with E-state index >= 15 is 0 Å². The number of thiazole rings is 2. The van der Waals surface area contributed by atoms with Crippen molar-refractivity contribution in [1.29, 1.82) is 10.5 Å². The van der Waals surface area contributed by atoms with Gasteiger partial charge in [-0.25, -0.2) is 9.97 Å². The summed E-state index contributed by atoms with van der Waals surface area (Å²) in [7, 11) is 3.23. The van der Waals surface area contributed by atoms with E-state index in [0.29, 0.717) is 76.6 Å². The quantitative estimate of drug-likeness (QED) is 0.123. The van der Waals surface area contributed by atoms with Gasteiger partial charge in [0.2, 0.25) is 0 Å². The van der Waals surface area contributed by atoms with Crippen molar-refractivity contribution < 1.29 is 19.7 Å². The van der Waals surface area contributed by atoms with Crippen LogP contribution in [0.25, 0.3) is 64.9 Å². The first kappa shape index (κ1) is 44.7. The van der Waals surface area contributed by atoms with E-state index in [9.17, 15) is 20.7 Å². The lowest BCUT2D eigenvalue weighted by molar-refractivity contribution is 0.415. The van der Waals surface area contributed by atoms with Gasteiger partial charge < -0.3 is 28.6 Å². The number of hydrogen-bond acceptors (Lipinski definition) is 10. The number of nitrogens with zero attached hydrogens (tertiary/aromatic N) is 6. The van der Waals surface area contributed by atoms with Crippen LogP contribution < -0.4 is 36.6 Å². The minimum Gasteiger partial charge on any atom is -0.508 e. The molecule has 10 nitrogen and oxygen atoms in total. The Bertz CT molecular complexity index is 3990. The van der Waals surface area contributed by atoms with Gasteiger partial charge in [0, 0.05) is 34.3 Å². The molecule has 0 saturated carbocycles. The molecule has 7 aromatic carbocycles. The summed E-state index contributed by atoms with van der Waals surface area (Å²) in [5.74, 6) is 1.44. The molecule has 71 heavy (non-hydrogen) atoms. The van der Waals surface area contributed by atoms with E-state index in [4.69, 9.17) is 19.4 Å². The van der Waals surface area contributed by atoms with Gasteiger partial charge in [-0.15, -0.1) is 22.7 Å². The number of phenolic OH excluding ortho intramolecular Hbond substituents is 2. The highest BCUT2D eigenvalue weighted by atomic mass is 32.1. The van der Waals surface area contributed by atoms with Gasteiger partial charge in [0.25, 0.3) is 6.85 Å². The molecule has 4 aromatic heterocycles. The summed E-state index contributed by atoms with van der Waals surface area (Å²) in [6.45, 7) is 1.12. The molecular weight excluding hydrogens is 918 g/mol. The van der Waals surface area contributed by atoms with Crippen molar-refractivity contribution in [1.82, 2.24) is 18.9 Å². The Morgan fingerprint density at radius 3 is 1.32 bits per heavy atom. The fraction of sp³-hybridized carbons (Fsp3) is 0.0526. The van der Waals surface area contributed by atoms with Crippen LogP contribution in [-0.4, -0.2) is 57.1 Å². The third-order valence-corrected chi connectivity index (χ3v) is 15.0. The first-order chi connectivity index (χ1) is 34.8. The molecular formula is C57H40B2N6O4S2. The van der Waals surface area contributed by atoms with E-state index in [1.807, 2.05) is 115 Å². The van der Waals surface area contributed by atoms with Crippen LogP contribution in [0.4, 0.5) is 0 Å². The second-order valence-electron chi connectivity index (χ2n) is 17.0. The van der Waals surface area contributed by atoms with Gasteiger partial charge in [-0.05, 0) is 83.9 Å². The summed E-state index contributed by atoms with van der Waals surface area (Å²) < 4.78 is 17.4. The molecule has 14 heteroatoms. The first-order valence-electron chi connectivity index (χ1n) is 22.8. The van der Waals surface area contributed by atoms with Crippen LogP contribution >= 0.6 is 22.7 Å². The Hall–Kier alpha value is -8.81. The largest absolute Gasteiger partial charge is 0.508 e. The molecule has 0 fully saturated rings. The van der Waals surface area contributed by atoms with Gasteiger partial charge in [0.05, 0.1) is 45.4 Å². The van der Waals surface area contributed by atoms with Crippen LogP contribution in [0.5, 0.6) is 23.0 Å². The maximum atomic E-state index is 12.0. The van der Waals surface area contributed by atoms with Crippen molar-refractivity contribution >= 4 is 95.1 Å². The molecule has 0 aliphatic rings. The van der Waals surface area contributed by atoms with E-state index in [2.05, 4.69) is 64.3 Å². The zero-order valence-electron chi connectivity index (χ0n) is 38.6. The fourth-order valence-corrected chi connectivity index (χ4v) is 11.6. The molecule has 4 heterocycles. The average Bonchev–Trinajstić information content (AvgIpc) is 4.19. The molecule has 11 aromatic rings. The number of phenols is 2. The van der Waals surface area contributed by atoms with Crippen molar-refractivity contribution in [2.24, 2.45) is 0 Å². The minimum absolute atomic E-state index is 0.0784. The number of rotatable bonds is 11. The third kappa shape index (κ3) is 7.86. The molecule has 2 N–H and O–H groups in total. The Balaban J connectivity index is 1.48. The van der Waals surface area contributed by atoms with Crippen molar-refractivity contribution in [3.05, 3.63) is 197 Å². The zero-order chi connectivity index (χ0) is 48.8. The summed E-state index contributed by atoms with van der Waals surface area (Å²) in [5, 5.41) is 49.2. The molecule has 0 amide bonds. The number of aromatic hydroxyl groups is 2. The van der Waals surface area contributed by atoms with Crippen molar-refractivity contribution in [3.63, 3.8) is 0 Å². The summed E-state index contributed by atoms with van der Waals surface area (Å²) in [6, 6.07) is 61.4. The van der Waals surface area contributed by atoms with Crippen LogP contribution in [0.2, 0.25) is 6.82 Å². The highest BCUT2D eigenvalue weighted by molar-refractivity contribution is 7.20. The van der Waals surface area contributed by atoms with Crippen molar-refractivity contribution in [3.8, 4) is 57.7 Å². The highest BCUT2D eigenvalue weighted by Gasteiger charge is 2.36. The average molecular weight is 959 g/mol. The van der Waals surface area contributed by atoms with E-state index in [1.54, 1.807) is 38.5 Å². The lowest BCUT2D eigenvalue weighted by Gasteiger charge is -2.23. The second kappa shape index (κ2) is 18.6. The van der Waals surface area contributed by atoms with E-state index < -0.39 is 13.7 Å². The van der Waals surface area contributed by atoms with Gasteiger partial charge in [-0.2, -0.15) is 10.5 Å². The Labute approximate surface area is 417 Å². The van der Waals surface area contributed by atoms with Crippen LogP contribution in [0.3, 0.4) is 0 Å². The number of fused-ring (bicyclic) bond motifs is 3. The molecule has 11 rings (SSSR count). The maximum absolute atomic E-state index is 12.0. The molecule has 0 aliphatic carbocycles. The Kier molecular flexibility index (Phi) is 11.7. The Morgan fingerprint density at radius 1 is 0.521 bits per heavy atom. The molecule has 0 bridgehead atoms. The molecule has 0 atom stereocenters. The number of hydrogen-bond donors (Lipinski definition) is 2. The smallest absolute Gasteiger partial charge is 0.328 e. The van der Waals surface area contributed by atoms with Gasteiger partial charge in [0.1, 0.15) is 56.3 Å². The number of aromatic nitrogens is 4. The molecule has 0 spiro atoms. The van der Waals surface area contributed by atoms with Gasteiger partial charge in [0.15, 0.2) is 0 Å². The van der Waals surface area contributed by atoms with Gasteiger partial charge in [-0.1, -0.05) is 114 Å². The SMILES string of the molecule is COc1ccc2sc(/C(C#N)=c3/c4c(-c5ccc(O)cc5)n(B(c5ccccc5)c5ccccc5)/c(=C(/C#N)c5nc6cc(OC)ccc6s5)c4c(-c4ccc(O)cc4)n3B(C)c3ccccc3)nc2c1. The number of nitriles is 2. The van der Waals surface area contributed by atoms with Crippen molar-refractivity contribution in [2.75, 3.05) is 14.2 Å². The first-order valence-corrected chi connectivity index (χ1v) is 24.4. The number of ether oxygens (including phenoxy) is 2. The molecule has 0 saturated heterocycles. The minimum atomic E-state index is -0.567. The predicted octanol–water partition coefficient (Wildman–Crippen LogP) is 8.90. The monoisotopic (exact) mass is 958 g/mol. The Morgan fingerprint density at radius 2 is 0.915 bits per heavy atom. The third-order valence-electron chi connectivity index (χ3n) is 12.9. The zero-order valence-corrected chi connectivity index (χ0v) is 40.2. The van der Waals surface area contributed by atoms with E-state index in [-0.39, 0.29) is 11.5 Å². The summed E-state index contributed by atoms with van der Waals surface area (Å²) >= 11 is 2.83. The summed E-state index contributed by atoms with van der Waals surface area (Å²) in [6.07, 6.45) is 0. The topological polar surface area (TPSA) is 142 Å². The lowest BCUT2D eigenvalue weighted by atomic mass is 9.50. The maximum Gasteiger partial charge on any atom is 0.328 e.